The molecule has 0 unspecified atom stereocenters. The lowest BCUT2D eigenvalue weighted by atomic mass is 10.1. The normalized spacial score (nSPS) is 10.7. The van der Waals surface area contributed by atoms with Gasteiger partial charge >= 0.3 is 0 Å². The molecule has 0 atom stereocenters. The average molecular weight is 282 g/mol. The predicted octanol–water partition coefficient (Wildman–Crippen LogP) is 3.29. The minimum Gasteiger partial charge on any atom is -0.392 e. The molecule has 0 aliphatic heterocycles. The Kier molecular flexibility index (Phi) is 3.85. The highest BCUT2D eigenvalue weighted by Gasteiger charge is 2.05. The minimum absolute atomic E-state index is 0.0210. The molecule has 3 rings (SSSR count). The SMILES string of the molecule is OCc1cncc(Cc2csc(-c3ccccc3)n2)c1. The number of hydrogen-bond acceptors (Lipinski definition) is 4. The van der Waals surface area contributed by atoms with Crippen LogP contribution in [0.4, 0.5) is 0 Å². The first-order chi connectivity index (χ1) is 9.85. The maximum Gasteiger partial charge on any atom is 0.123 e. The van der Waals surface area contributed by atoms with Crippen molar-refractivity contribution in [2.75, 3.05) is 0 Å². The lowest BCUT2D eigenvalue weighted by Crippen LogP contribution is -1.93. The fourth-order valence-electron chi connectivity index (χ4n) is 2.04. The third-order valence-corrected chi connectivity index (χ3v) is 3.93. The van der Waals surface area contributed by atoms with Crippen LogP contribution in [-0.4, -0.2) is 15.1 Å². The van der Waals surface area contributed by atoms with Gasteiger partial charge in [0, 0.05) is 29.8 Å². The standard InChI is InChI=1S/C16H14N2OS/c19-10-13-6-12(8-17-9-13)7-15-11-20-16(18-15)14-4-2-1-3-5-14/h1-6,8-9,11,19H,7,10H2. The summed E-state index contributed by atoms with van der Waals surface area (Å²) in [6.45, 7) is 0.0210. The van der Waals surface area contributed by atoms with Gasteiger partial charge in [-0.1, -0.05) is 36.4 Å². The van der Waals surface area contributed by atoms with E-state index in [0.29, 0.717) is 0 Å². The number of nitrogens with zero attached hydrogens (tertiary/aromatic N) is 2. The summed E-state index contributed by atoms with van der Waals surface area (Å²) in [5.41, 5.74) is 4.08. The summed E-state index contributed by atoms with van der Waals surface area (Å²) in [6.07, 6.45) is 4.24. The van der Waals surface area contributed by atoms with Crippen LogP contribution < -0.4 is 0 Å². The van der Waals surface area contributed by atoms with Gasteiger partial charge in [0.15, 0.2) is 0 Å². The van der Waals surface area contributed by atoms with Gasteiger partial charge in [-0.05, 0) is 11.1 Å². The number of aliphatic hydroxyl groups excluding tert-OH is 1. The predicted molar refractivity (Wildman–Crippen MR) is 80.5 cm³/mol. The van der Waals surface area contributed by atoms with Crippen molar-refractivity contribution < 1.29 is 5.11 Å². The van der Waals surface area contributed by atoms with Crippen LogP contribution in [0.25, 0.3) is 10.6 Å². The van der Waals surface area contributed by atoms with Crippen molar-refractivity contribution in [1.29, 1.82) is 0 Å². The molecule has 2 heterocycles. The fraction of sp³-hybridized carbons (Fsp3) is 0.125. The van der Waals surface area contributed by atoms with E-state index in [2.05, 4.69) is 27.5 Å². The van der Waals surface area contributed by atoms with Crippen molar-refractivity contribution in [3.63, 3.8) is 0 Å². The van der Waals surface area contributed by atoms with Gasteiger partial charge in [0.25, 0.3) is 0 Å². The Morgan fingerprint density at radius 2 is 1.85 bits per heavy atom. The van der Waals surface area contributed by atoms with Gasteiger partial charge in [0.05, 0.1) is 12.3 Å². The summed E-state index contributed by atoms with van der Waals surface area (Å²) in [6, 6.07) is 12.1. The molecule has 0 radical (unpaired) electrons. The molecule has 1 N–H and O–H groups in total. The van der Waals surface area contributed by atoms with Crippen LogP contribution in [0, 0.1) is 0 Å². The molecule has 1 aromatic carbocycles. The third kappa shape index (κ3) is 2.92. The topological polar surface area (TPSA) is 46.0 Å². The second-order valence-electron chi connectivity index (χ2n) is 4.55. The van der Waals surface area contributed by atoms with Crippen LogP contribution in [0.1, 0.15) is 16.8 Å². The van der Waals surface area contributed by atoms with Crippen molar-refractivity contribution in [3.05, 3.63) is 71.0 Å². The molecule has 3 nitrogen and oxygen atoms in total. The Bertz CT molecular complexity index is 694. The molecule has 4 heteroatoms. The highest BCUT2D eigenvalue weighted by Crippen LogP contribution is 2.24. The molecule has 100 valence electrons. The number of thiazole rings is 1. The van der Waals surface area contributed by atoms with Crippen LogP contribution in [-0.2, 0) is 13.0 Å². The lowest BCUT2D eigenvalue weighted by Gasteiger charge is -2.00. The zero-order valence-corrected chi connectivity index (χ0v) is 11.7. The minimum atomic E-state index is 0.0210. The van der Waals surface area contributed by atoms with E-state index in [0.717, 1.165) is 33.8 Å². The first-order valence-corrected chi connectivity index (χ1v) is 7.26. The van der Waals surface area contributed by atoms with Crippen LogP contribution in [0.3, 0.4) is 0 Å². The van der Waals surface area contributed by atoms with Crippen LogP contribution in [0.15, 0.2) is 54.2 Å². The zero-order chi connectivity index (χ0) is 13.8. The van der Waals surface area contributed by atoms with E-state index in [1.807, 2.05) is 30.5 Å². The third-order valence-electron chi connectivity index (χ3n) is 2.99. The number of aliphatic hydroxyl groups is 1. The van der Waals surface area contributed by atoms with E-state index < -0.39 is 0 Å². The molecule has 3 aromatic rings. The molecule has 2 aromatic heterocycles. The van der Waals surface area contributed by atoms with Crippen molar-refractivity contribution in [2.24, 2.45) is 0 Å². The maximum absolute atomic E-state index is 9.13. The zero-order valence-electron chi connectivity index (χ0n) is 10.9. The van der Waals surface area contributed by atoms with Crippen LogP contribution >= 0.6 is 11.3 Å². The number of benzene rings is 1. The molecule has 0 amide bonds. The van der Waals surface area contributed by atoms with Gasteiger partial charge in [0.1, 0.15) is 5.01 Å². The van der Waals surface area contributed by atoms with E-state index in [1.54, 1.807) is 17.5 Å². The summed E-state index contributed by atoms with van der Waals surface area (Å²) in [5, 5.41) is 12.2. The van der Waals surface area contributed by atoms with Crippen molar-refractivity contribution in [1.82, 2.24) is 9.97 Å². The Balaban J connectivity index is 1.80. The first-order valence-electron chi connectivity index (χ1n) is 6.38. The van der Waals surface area contributed by atoms with Gasteiger partial charge in [-0.15, -0.1) is 11.3 Å². The van der Waals surface area contributed by atoms with Gasteiger partial charge in [-0.2, -0.15) is 0 Å². The fourth-order valence-corrected chi connectivity index (χ4v) is 2.86. The lowest BCUT2D eigenvalue weighted by molar-refractivity contribution is 0.281. The molecular formula is C16H14N2OS. The van der Waals surface area contributed by atoms with E-state index in [4.69, 9.17) is 5.11 Å². The second kappa shape index (κ2) is 5.94. The average Bonchev–Trinajstić information content (AvgIpc) is 2.97. The molecule has 0 saturated carbocycles. The molecule has 0 aliphatic carbocycles. The molecule has 0 saturated heterocycles. The summed E-state index contributed by atoms with van der Waals surface area (Å²) in [7, 11) is 0. The Morgan fingerprint density at radius 3 is 2.65 bits per heavy atom. The van der Waals surface area contributed by atoms with E-state index in [9.17, 15) is 0 Å². The number of hydrogen-bond donors (Lipinski definition) is 1. The summed E-state index contributed by atoms with van der Waals surface area (Å²) < 4.78 is 0. The molecule has 0 aliphatic rings. The van der Waals surface area contributed by atoms with Crippen molar-refractivity contribution >= 4 is 11.3 Å². The highest BCUT2D eigenvalue weighted by molar-refractivity contribution is 7.13. The summed E-state index contributed by atoms with van der Waals surface area (Å²) in [4.78, 5) is 8.79. The van der Waals surface area contributed by atoms with Gasteiger partial charge in [0.2, 0.25) is 0 Å². The van der Waals surface area contributed by atoms with E-state index in [-0.39, 0.29) is 6.61 Å². The quantitative estimate of drug-likeness (QED) is 0.798. The van der Waals surface area contributed by atoms with Gasteiger partial charge in [-0.25, -0.2) is 4.98 Å². The first kappa shape index (κ1) is 13.0. The Hall–Kier alpha value is -2.04. The van der Waals surface area contributed by atoms with Crippen molar-refractivity contribution in [3.8, 4) is 10.6 Å². The van der Waals surface area contributed by atoms with Crippen LogP contribution in [0.5, 0.6) is 0 Å². The largest absolute Gasteiger partial charge is 0.392 e. The molecule has 20 heavy (non-hydrogen) atoms. The van der Waals surface area contributed by atoms with E-state index in [1.165, 1.54) is 0 Å². The summed E-state index contributed by atoms with van der Waals surface area (Å²) in [5.74, 6) is 0. The summed E-state index contributed by atoms with van der Waals surface area (Å²) >= 11 is 1.65. The van der Waals surface area contributed by atoms with Crippen LogP contribution in [0.2, 0.25) is 0 Å². The molecule has 0 bridgehead atoms. The number of pyridine rings is 1. The Labute approximate surface area is 121 Å². The number of rotatable bonds is 4. The highest BCUT2D eigenvalue weighted by atomic mass is 32.1. The smallest absolute Gasteiger partial charge is 0.123 e. The molecule has 0 fully saturated rings. The van der Waals surface area contributed by atoms with Gasteiger partial charge < -0.3 is 5.11 Å². The van der Waals surface area contributed by atoms with Gasteiger partial charge in [-0.3, -0.25) is 4.98 Å². The van der Waals surface area contributed by atoms with Crippen molar-refractivity contribution in [2.45, 2.75) is 13.0 Å². The maximum atomic E-state index is 9.13. The van der Waals surface area contributed by atoms with E-state index >= 15 is 0 Å². The molecule has 0 spiro atoms. The molecular weight excluding hydrogens is 268 g/mol. The monoisotopic (exact) mass is 282 g/mol. The number of aromatic nitrogens is 2. The second-order valence-corrected chi connectivity index (χ2v) is 5.40. The Morgan fingerprint density at radius 1 is 1.05 bits per heavy atom.